The predicted molar refractivity (Wildman–Crippen MR) is 95.6 cm³/mol. The fourth-order valence-electron chi connectivity index (χ4n) is 3.25. The molecule has 2 aromatic rings. The number of carbonyl (C=O) groups is 1. The van der Waals surface area contributed by atoms with Gasteiger partial charge in [-0.05, 0) is 30.9 Å². The average Bonchev–Trinajstić information content (AvgIpc) is 2.53. The van der Waals surface area contributed by atoms with Crippen LogP contribution in [0, 0.1) is 5.92 Å². The molecule has 24 heavy (non-hydrogen) atoms. The number of nitrogens with one attached hydrogen (secondary N) is 1. The normalized spacial score (nSPS) is 21.0. The number of hydrogen-bond acceptors (Lipinski definition) is 3. The summed E-state index contributed by atoms with van der Waals surface area (Å²) < 4.78 is 1.29. The van der Waals surface area contributed by atoms with Crippen LogP contribution in [0.5, 0.6) is 0 Å². The Labute approximate surface area is 150 Å². The van der Waals surface area contributed by atoms with E-state index in [2.05, 4.69) is 17.2 Å². The Morgan fingerprint density at radius 1 is 1.33 bits per heavy atom. The molecule has 1 N–H and O–H groups in total. The molecule has 1 heterocycles. The molecule has 2 unspecified atom stereocenters. The molecule has 7 heteroatoms. The second-order valence-electron chi connectivity index (χ2n) is 6.40. The lowest BCUT2D eigenvalue weighted by Crippen LogP contribution is -2.43. The molecule has 1 aromatic heterocycles. The minimum absolute atomic E-state index is 0.0604. The summed E-state index contributed by atoms with van der Waals surface area (Å²) >= 11 is 12.0. The summed E-state index contributed by atoms with van der Waals surface area (Å²) in [5.41, 5.74) is 0.0693. The summed E-state index contributed by atoms with van der Waals surface area (Å²) in [6, 6.07) is 3.24. The number of carbonyl (C=O) groups excluding carboxylic acids is 1. The highest BCUT2D eigenvalue weighted by Crippen LogP contribution is 2.24. The van der Waals surface area contributed by atoms with Gasteiger partial charge >= 0.3 is 0 Å². The molecule has 1 aromatic carbocycles. The van der Waals surface area contributed by atoms with Gasteiger partial charge in [-0.1, -0.05) is 43.0 Å². The summed E-state index contributed by atoms with van der Waals surface area (Å²) in [7, 11) is 0. The van der Waals surface area contributed by atoms with Gasteiger partial charge in [-0.2, -0.15) is 0 Å². The minimum Gasteiger partial charge on any atom is -0.352 e. The molecule has 128 valence electrons. The largest absolute Gasteiger partial charge is 0.352 e. The topological polar surface area (TPSA) is 64.0 Å². The lowest BCUT2D eigenvalue weighted by atomic mass is 9.86. The van der Waals surface area contributed by atoms with Gasteiger partial charge in [0.25, 0.3) is 5.56 Å². The first-order chi connectivity index (χ1) is 11.5. The number of halogens is 2. The molecule has 0 aliphatic heterocycles. The van der Waals surface area contributed by atoms with E-state index in [1.165, 1.54) is 23.4 Å². The van der Waals surface area contributed by atoms with Gasteiger partial charge in [0.1, 0.15) is 6.54 Å². The number of hydrogen-bond donors (Lipinski definition) is 1. The molecular weight excluding hydrogens is 349 g/mol. The summed E-state index contributed by atoms with van der Waals surface area (Å²) in [6.45, 7) is 2.09. The molecule has 1 amide bonds. The fraction of sp³-hybridized carbons (Fsp3) is 0.471. The van der Waals surface area contributed by atoms with E-state index < -0.39 is 0 Å². The molecule has 1 aliphatic rings. The Kier molecular flexibility index (Phi) is 5.11. The van der Waals surface area contributed by atoms with Crippen LogP contribution in [0.1, 0.15) is 32.6 Å². The van der Waals surface area contributed by atoms with Crippen LogP contribution < -0.4 is 10.9 Å². The van der Waals surface area contributed by atoms with Crippen molar-refractivity contribution in [1.82, 2.24) is 14.9 Å². The van der Waals surface area contributed by atoms with Crippen molar-refractivity contribution in [3.63, 3.8) is 0 Å². The molecule has 5 nitrogen and oxygen atoms in total. The zero-order valence-corrected chi connectivity index (χ0v) is 14.9. The van der Waals surface area contributed by atoms with Crippen molar-refractivity contribution in [3.8, 4) is 0 Å². The number of aromatic nitrogens is 2. The van der Waals surface area contributed by atoms with Gasteiger partial charge in [0.2, 0.25) is 5.91 Å². The van der Waals surface area contributed by atoms with E-state index in [0.29, 0.717) is 26.9 Å². The first-order valence-electron chi connectivity index (χ1n) is 8.09. The first kappa shape index (κ1) is 17.2. The van der Waals surface area contributed by atoms with Crippen molar-refractivity contribution in [2.45, 2.75) is 45.2 Å². The molecule has 0 spiro atoms. The maximum absolute atomic E-state index is 12.6. The lowest BCUT2D eigenvalue weighted by Gasteiger charge is -2.29. The van der Waals surface area contributed by atoms with E-state index in [-0.39, 0.29) is 24.1 Å². The minimum atomic E-state index is -0.323. The molecule has 1 saturated carbocycles. The zero-order valence-electron chi connectivity index (χ0n) is 13.4. The van der Waals surface area contributed by atoms with Gasteiger partial charge in [-0.3, -0.25) is 14.2 Å². The van der Waals surface area contributed by atoms with Crippen molar-refractivity contribution in [1.29, 1.82) is 0 Å². The van der Waals surface area contributed by atoms with E-state index in [9.17, 15) is 9.59 Å². The standard InChI is InChI=1S/C17H19Cl2N3O2/c1-10-4-2-3-5-14(10)21-15(23)8-22-9-20-16-12(17(22)24)6-11(18)7-13(16)19/h6-7,9-10,14H,2-5,8H2,1H3,(H,21,23). The van der Waals surface area contributed by atoms with Crippen LogP contribution in [-0.4, -0.2) is 21.5 Å². The third-order valence-electron chi connectivity index (χ3n) is 4.62. The summed E-state index contributed by atoms with van der Waals surface area (Å²) in [5.74, 6) is 0.289. The third kappa shape index (κ3) is 3.57. The number of amides is 1. The maximum atomic E-state index is 12.6. The van der Waals surface area contributed by atoms with Gasteiger partial charge in [0.15, 0.2) is 0 Å². The van der Waals surface area contributed by atoms with Crippen LogP contribution in [0.25, 0.3) is 10.9 Å². The highest BCUT2D eigenvalue weighted by atomic mass is 35.5. The summed E-state index contributed by atoms with van der Waals surface area (Å²) in [4.78, 5) is 29.0. The zero-order chi connectivity index (χ0) is 17.3. The molecule has 0 radical (unpaired) electrons. The molecule has 2 atom stereocenters. The van der Waals surface area contributed by atoms with E-state index in [4.69, 9.17) is 23.2 Å². The van der Waals surface area contributed by atoms with Crippen LogP contribution in [0.2, 0.25) is 10.0 Å². The van der Waals surface area contributed by atoms with E-state index in [1.54, 1.807) is 6.07 Å². The van der Waals surface area contributed by atoms with Gasteiger partial charge in [0, 0.05) is 11.1 Å². The maximum Gasteiger partial charge on any atom is 0.261 e. The Morgan fingerprint density at radius 2 is 2.08 bits per heavy atom. The molecule has 1 aliphatic carbocycles. The highest BCUT2D eigenvalue weighted by molar-refractivity contribution is 6.38. The number of nitrogens with zero attached hydrogens (tertiary/aromatic N) is 2. The average molecular weight is 368 g/mol. The fourth-order valence-corrected chi connectivity index (χ4v) is 3.79. The van der Waals surface area contributed by atoms with Crippen LogP contribution in [-0.2, 0) is 11.3 Å². The quantitative estimate of drug-likeness (QED) is 0.903. The second-order valence-corrected chi connectivity index (χ2v) is 7.24. The lowest BCUT2D eigenvalue weighted by molar-refractivity contribution is -0.123. The van der Waals surface area contributed by atoms with Gasteiger partial charge in [-0.25, -0.2) is 4.98 Å². The van der Waals surface area contributed by atoms with Crippen LogP contribution in [0.15, 0.2) is 23.3 Å². The number of benzene rings is 1. The van der Waals surface area contributed by atoms with Gasteiger partial charge in [-0.15, -0.1) is 0 Å². The molecular formula is C17H19Cl2N3O2. The molecule has 1 fully saturated rings. The SMILES string of the molecule is CC1CCCCC1NC(=O)Cn1cnc2c(Cl)cc(Cl)cc2c1=O. The third-order valence-corrected chi connectivity index (χ3v) is 5.12. The smallest absolute Gasteiger partial charge is 0.261 e. The Morgan fingerprint density at radius 3 is 2.83 bits per heavy atom. The van der Waals surface area contributed by atoms with E-state index in [1.807, 2.05) is 0 Å². The van der Waals surface area contributed by atoms with Crippen LogP contribution in [0.4, 0.5) is 0 Å². The van der Waals surface area contributed by atoms with Crippen molar-refractivity contribution in [2.24, 2.45) is 5.92 Å². The Balaban J connectivity index is 1.81. The second kappa shape index (κ2) is 7.11. The number of fused-ring (bicyclic) bond motifs is 1. The number of rotatable bonds is 3. The van der Waals surface area contributed by atoms with Gasteiger partial charge in [0.05, 0.1) is 22.3 Å². The summed E-state index contributed by atoms with van der Waals surface area (Å²) in [6.07, 6.45) is 5.81. The first-order valence-corrected chi connectivity index (χ1v) is 8.85. The highest BCUT2D eigenvalue weighted by Gasteiger charge is 2.23. The van der Waals surface area contributed by atoms with E-state index in [0.717, 1.165) is 19.3 Å². The van der Waals surface area contributed by atoms with Gasteiger partial charge < -0.3 is 5.32 Å². The van der Waals surface area contributed by atoms with E-state index >= 15 is 0 Å². The summed E-state index contributed by atoms with van der Waals surface area (Å²) in [5, 5.41) is 4.04. The molecule has 3 rings (SSSR count). The Bertz CT molecular complexity index is 834. The predicted octanol–water partition coefficient (Wildman–Crippen LogP) is 3.40. The van der Waals surface area contributed by atoms with Crippen molar-refractivity contribution >= 4 is 40.0 Å². The molecule has 0 bridgehead atoms. The molecule has 0 saturated heterocycles. The monoisotopic (exact) mass is 367 g/mol. The van der Waals surface area contributed by atoms with Crippen molar-refractivity contribution < 1.29 is 4.79 Å². The Hall–Kier alpha value is -1.59. The van der Waals surface area contributed by atoms with Crippen LogP contribution >= 0.6 is 23.2 Å². The van der Waals surface area contributed by atoms with Crippen molar-refractivity contribution in [2.75, 3.05) is 0 Å². The van der Waals surface area contributed by atoms with Crippen molar-refractivity contribution in [3.05, 3.63) is 38.9 Å². The van der Waals surface area contributed by atoms with Crippen LogP contribution in [0.3, 0.4) is 0 Å².